The van der Waals surface area contributed by atoms with Crippen LogP contribution in [0.15, 0.2) is 65.0 Å². The summed E-state index contributed by atoms with van der Waals surface area (Å²) < 4.78 is 27.6. The lowest BCUT2D eigenvalue weighted by Crippen LogP contribution is -2.45. The number of fused-ring (bicyclic) bond motifs is 1. The summed E-state index contributed by atoms with van der Waals surface area (Å²) in [6.45, 7) is 2.77. The largest absolute Gasteiger partial charge is 0.356 e. The maximum absolute atomic E-state index is 13.3. The number of sulfonamides is 1. The molecule has 2 aromatic carbocycles. The maximum Gasteiger partial charge on any atom is 0.263 e. The summed E-state index contributed by atoms with van der Waals surface area (Å²) in [5.41, 5.74) is 3.13. The average molecular weight is 459 g/mol. The summed E-state index contributed by atoms with van der Waals surface area (Å²) in [6.07, 6.45) is 3.22. The molecule has 7 nitrogen and oxygen atoms in total. The number of nitrogens with zero attached hydrogens (tertiary/aromatic N) is 3. The fraction of sp³-hybridized carbons (Fsp3) is 0.273. The molecule has 1 aromatic heterocycles. The molecule has 0 saturated carbocycles. The zero-order chi connectivity index (χ0) is 21.6. The minimum absolute atomic E-state index is 0. The number of aromatic nitrogens is 1. The quantitative estimate of drug-likeness (QED) is 0.625. The summed E-state index contributed by atoms with van der Waals surface area (Å²) in [6, 6.07) is 14.8. The van der Waals surface area contributed by atoms with Crippen LogP contribution >= 0.6 is 11.3 Å². The Labute approximate surface area is 188 Å². The molecule has 0 radical (unpaired) electrons. The van der Waals surface area contributed by atoms with Crippen molar-refractivity contribution >= 4 is 43.8 Å². The van der Waals surface area contributed by atoms with Gasteiger partial charge >= 0.3 is 0 Å². The van der Waals surface area contributed by atoms with Crippen LogP contribution in [0.4, 0.5) is 16.5 Å². The standard InChI is InChI=1S/C22H22N4O3S2.2H2/c1-15-14-16-4-2-3-5-19(16)26(15)20-10-12-25(21(20)27)17-6-8-18(9-7-17)31(28,29)24-22-23-11-13-30-22;;/h2-9,11,13,15,20H,10,12,14H2,1H3,(H,23,24);2*1H/t15?,20-;;/m1../s1. The Hall–Kier alpha value is -2.91. The second-order valence-electron chi connectivity index (χ2n) is 7.82. The van der Waals surface area contributed by atoms with E-state index in [1.54, 1.807) is 28.6 Å². The van der Waals surface area contributed by atoms with Crippen LogP contribution in [0.5, 0.6) is 0 Å². The Kier molecular flexibility index (Phi) is 4.94. The van der Waals surface area contributed by atoms with Crippen LogP contribution < -0.4 is 14.5 Å². The second-order valence-corrected chi connectivity index (χ2v) is 10.4. The molecular formula is C22H26N4O3S2. The molecule has 0 spiro atoms. The Bertz CT molecular complexity index is 1220. The van der Waals surface area contributed by atoms with E-state index in [4.69, 9.17) is 0 Å². The molecule has 5 rings (SSSR count). The predicted molar refractivity (Wildman–Crippen MR) is 126 cm³/mol. The van der Waals surface area contributed by atoms with Crippen molar-refractivity contribution in [3.05, 3.63) is 65.7 Å². The van der Waals surface area contributed by atoms with Crippen LogP contribution in [-0.2, 0) is 21.2 Å². The van der Waals surface area contributed by atoms with Gasteiger partial charge in [0.05, 0.1) is 4.90 Å². The summed E-state index contributed by atoms with van der Waals surface area (Å²) in [5, 5.41) is 2.03. The third kappa shape index (κ3) is 3.57. The molecular weight excluding hydrogens is 432 g/mol. The first kappa shape index (κ1) is 20.0. The van der Waals surface area contributed by atoms with Gasteiger partial charge in [-0.15, -0.1) is 11.3 Å². The van der Waals surface area contributed by atoms with Crippen molar-refractivity contribution in [3.8, 4) is 0 Å². The summed E-state index contributed by atoms with van der Waals surface area (Å²) in [7, 11) is -3.72. The van der Waals surface area contributed by atoms with E-state index in [1.807, 2.05) is 12.1 Å². The number of nitrogens with one attached hydrogen (secondary N) is 1. The van der Waals surface area contributed by atoms with Crippen molar-refractivity contribution in [1.82, 2.24) is 4.98 Å². The molecule has 1 amide bonds. The first-order chi connectivity index (χ1) is 14.9. The minimum Gasteiger partial charge on any atom is -0.356 e. The molecule has 3 aromatic rings. The van der Waals surface area contributed by atoms with Crippen LogP contribution in [0.2, 0.25) is 0 Å². The number of anilines is 3. The molecule has 2 aliphatic heterocycles. The maximum atomic E-state index is 13.3. The van der Waals surface area contributed by atoms with E-state index in [0.717, 1.165) is 18.5 Å². The van der Waals surface area contributed by atoms with Gasteiger partial charge < -0.3 is 9.80 Å². The van der Waals surface area contributed by atoms with Crippen LogP contribution in [0.1, 0.15) is 21.8 Å². The van der Waals surface area contributed by atoms with Crippen molar-refractivity contribution in [1.29, 1.82) is 0 Å². The Balaban J connectivity index is 0.00000153. The molecule has 2 aliphatic rings. The first-order valence-corrected chi connectivity index (χ1v) is 12.5. The number of rotatable bonds is 5. The topological polar surface area (TPSA) is 82.6 Å². The number of benzene rings is 2. The van der Waals surface area contributed by atoms with E-state index < -0.39 is 10.0 Å². The zero-order valence-electron chi connectivity index (χ0n) is 16.9. The molecule has 0 bridgehead atoms. The average Bonchev–Trinajstić information content (AvgIpc) is 3.46. The van der Waals surface area contributed by atoms with Gasteiger partial charge in [-0.2, -0.15) is 0 Å². The van der Waals surface area contributed by atoms with Gasteiger partial charge in [0.25, 0.3) is 10.0 Å². The molecule has 3 heterocycles. The number of hydrogen-bond acceptors (Lipinski definition) is 6. The lowest BCUT2D eigenvalue weighted by atomic mass is 10.1. The van der Waals surface area contributed by atoms with Crippen molar-refractivity contribution in [2.45, 2.75) is 36.7 Å². The van der Waals surface area contributed by atoms with Gasteiger partial charge in [-0.3, -0.25) is 9.52 Å². The lowest BCUT2D eigenvalue weighted by Gasteiger charge is -2.30. The number of para-hydroxylation sites is 1. The van der Waals surface area contributed by atoms with Crippen LogP contribution in [0.3, 0.4) is 0 Å². The Morgan fingerprint density at radius 1 is 1.16 bits per heavy atom. The van der Waals surface area contributed by atoms with Crippen molar-refractivity contribution in [3.63, 3.8) is 0 Å². The van der Waals surface area contributed by atoms with Gasteiger partial charge in [0.15, 0.2) is 5.13 Å². The fourth-order valence-corrected chi connectivity index (χ4v) is 6.29. The summed E-state index contributed by atoms with van der Waals surface area (Å²) in [5.74, 6) is 0.0556. The minimum atomic E-state index is -3.72. The Morgan fingerprint density at radius 3 is 2.68 bits per heavy atom. The molecule has 31 heavy (non-hydrogen) atoms. The molecule has 0 aliphatic carbocycles. The lowest BCUT2D eigenvalue weighted by molar-refractivity contribution is -0.118. The van der Waals surface area contributed by atoms with E-state index in [9.17, 15) is 13.2 Å². The molecule has 1 unspecified atom stereocenters. The second kappa shape index (κ2) is 7.65. The molecule has 1 fully saturated rings. The third-order valence-corrected chi connectivity index (χ3v) is 8.06. The number of carbonyl (C=O) groups is 1. The van der Waals surface area contributed by atoms with Crippen molar-refractivity contribution in [2.24, 2.45) is 0 Å². The third-order valence-electron chi connectivity index (χ3n) is 5.89. The van der Waals surface area contributed by atoms with Gasteiger partial charge in [0.2, 0.25) is 5.91 Å². The smallest absolute Gasteiger partial charge is 0.263 e. The fourth-order valence-electron chi connectivity index (χ4n) is 4.50. The van der Waals surface area contributed by atoms with E-state index in [2.05, 4.69) is 33.7 Å². The van der Waals surface area contributed by atoms with Gasteiger partial charge in [-0.1, -0.05) is 18.2 Å². The van der Waals surface area contributed by atoms with E-state index in [1.165, 1.54) is 29.0 Å². The highest BCUT2D eigenvalue weighted by atomic mass is 32.2. The van der Waals surface area contributed by atoms with Gasteiger partial charge in [-0.25, -0.2) is 13.4 Å². The first-order valence-electron chi connectivity index (χ1n) is 10.1. The number of hydrogen-bond donors (Lipinski definition) is 1. The summed E-state index contributed by atoms with van der Waals surface area (Å²) in [4.78, 5) is 21.4. The highest BCUT2D eigenvalue weighted by molar-refractivity contribution is 7.93. The normalized spacial score (nSPS) is 20.9. The van der Waals surface area contributed by atoms with Gasteiger partial charge in [0.1, 0.15) is 6.04 Å². The molecule has 2 atom stereocenters. The molecule has 164 valence electrons. The summed E-state index contributed by atoms with van der Waals surface area (Å²) >= 11 is 1.22. The number of amides is 1. The van der Waals surface area contributed by atoms with Crippen molar-refractivity contribution < 1.29 is 16.1 Å². The number of thiazole rings is 1. The number of carbonyl (C=O) groups excluding carboxylic acids is 1. The van der Waals surface area contributed by atoms with Crippen LogP contribution in [0.25, 0.3) is 0 Å². The van der Waals surface area contributed by atoms with Crippen LogP contribution in [0, 0.1) is 0 Å². The molecule has 1 saturated heterocycles. The van der Waals surface area contributed by atoms with Crippen molar-refractivity contribution in [2.75, 3.05) is 21.1 Å². The zero-order valence-corrected chi connectivity index (χ0v) is 18.6. The molecule has 1 N–H and O–H groups in total. The molecule has 9 heteroatoms. The Morgan fingerprint density at radius 2 is 1.94 bits per heavy atom. The van der Waals surface area contributed by atoms with E-state index in [0.29, 0.717) is 17.4 Å². The highest BCUT2D eigenvalue weighted by Gasteiger charge is 2.41. The monoisotopic (exact) mass is 458 g/mol. The van der Waals surface area contributed by atoms with Gasteiger partial charge in [-0.05, 0) is 55.7 Å². The van der Waals surface area contributed by atoms with Gasteiger partial charge in [0, 0.05) is 38.4 Å². The predicted octanol–water partition coefficient (Wildman–Crippen LogP) is 3.99. The SMILES string of the molecule is CC1Cc2ccccc2N1[C@@H]1CCN(c2ccc(S(=O)(=O)Nc3nccs3)cc2)C1=O.[HH].[HH]. The van der Waals surface area contributed by atoms with E-state index in [-0.39, 0.29) is 25.7 Å². The van der Waals surface area contributed by atoms with E-state index >= 15 is 0 Å². The highest BCUT2D eigenvalue weighted by Crippen LogP contribution is 2.37. The van der Waals surface area contributed by atoms with Crippen LogP contribution in [-0.4, -0.2) is 37.9 Å².